The van der Waals surface area contributed by atoms with E-state index in [9.17, 15) is 19.2 Å². The van der Waals surface area contributed by atoms with Crippen molar-refractivity contribution < 1.29 is 37.0 Å². The minimum Gasteiger partial charge on any atom is -1.00 e. The van der Waals surface area contributed by atoms with Gasteiger partial charge in [-0.2, -0.15) is 0 Å². The Morgan fingerprint density at radius 1 is 0.717 bits per heavy atom. The molecule has 53 heavy (non-hydrogen) atoms. The van der Waals surface area contributed by atoms with Crippen LogP contribution >= 0.6 is 23.2 Å². The standard InChI is InChI=1S/C35H41Cl2N11O4.ClH/c1-44-20-23(42-35(52)29-16-21-15-24(5-6-25(21)46(29)3)48(13-10-36)14-11-37)17-27(44)33(50)41-22-18-28(45(2)19-22)34(51)43-31-8-7-26(47(31)4)32(49)40-12-9-30(38)39;/h5-8,15-20H,9-14H2,1-4H3,(H3,38,39)(H,40,49)(H,41,50)(H,42,52)(H,43,51);1H. The van der Waals surface area contributed by atoms with Crippen molar-refractivity contribution in [2.75, 3.05) is 52.2 Å². The maximum absolute atomic E-state index is 13.4. The smallest absolute Gasteiger partial charge is 0.273 e. The molecule has 0 aliphatic rings. The van der Waals surface area contributed by atoms with Gasteiger partial charge in [0.15, 0.2) is 0 Å². The topological polar surface area (TPSA) is 191 Å². The second kappa shape index (κ2) is 17.4. The van der Waals surface area contributed by atoms with E-state index in [1.54, 1.807) is 71.5 Å². The molecule has 15 nitrogen and oxygen atoms in total. The number of hydrogen-bond donors (Lipinski definition) is 6. The largest absolute Gasteiger partial charge is 1.00 e. The molecule has 8 N–H and O–H groups in total. The van der Waals surface area contributed by atoms with Crippen molar-refractivity contribution in [3.8, 4) is 0 Å². The summed E-state index contributed by atoms with van der Waals surface area (Å²) in [6, 6.07) is 14.1. The lowest BCUT2D eigenvalue weighted by molar-refractivity contribution is -0.117. The van der Waals surface area contributed by atoms with E-state index < -0.39 is 11.8 Å². The number of aryl methyl sites for hydroxylation is 3. The molecule has 0 radical (unpaired) electrons. The Bertz CT molecular complexity index is 2160. The van der Waals surface area contributed by atoms with Crippen molar-refractivity contribution in [1.29, 1.82) is 0 Å². The number of amidine groups is 1. The van der Waals surface area contributed by atoms with Crippen LogP contribution < -0.4 is 49.7 Å². The van der Waals surface area contributed by atoms with Crippen LogP contribution in [0.4, 0.5) is 22.9 Å². The molecule has 4 heterocycles. The van der Waals surface area contributed by atoms with Crippen molar-refractivity contribution in [3.63, 3.8) is 0 Å². The second-order valence-electron chi connectivity index (χ2n) is 12.3. The number of rotatable bonds is 15. The lowest BCUT2D eigenvalue weighted by Crippen LogP contribution is -3.00. The van der Waals surface area contributed by atoms with Gasteiger partial charge in [-0.3, -0.25) is 30.3 Å². The predicted molar refractivity (Wildman–Crippen MR) is 205 cm³/mol. The van der Waals surface area contributed by atoms with Crippen molar-refractivity contribution in [2.45, 2.75) is 6.42 Å². The first-order valence-corrected chi connectivity index (χ1v) is 17.4. The molecule has 0 aliphatic heterocycles. The number of aromatic nitrogens is 4. The molecule has 0 unspecified atom stereocenters. The number of nitrogens with zero attached hydrogens (tertiary/aromatic N) is 5. The number of nitrogens with one attached hydrogen (secondary N) is 4. The van der Waals surface area contributed by atoms with Gasteiger partial charge >= 0.3 is 0 Å². The average Bonchev–Trinajstić information content (AvgIpc) is 3.85. The second-order valence-corrected chi connectivity index (χ2v) is 13.0. The van der Waals surface area contributed by atoms with E-state index in [0.29, 0.717) is 59.9 Å². The number of anilines is 4. The monoisotopic (exact) mass is 785 g/mol. The Morgan fingerprint density at radius 2 is 1.28 bits per heavy atom. The highest BCUT2D eigenvalue weighted by atomic mass is 35.5. The minimum absolute atomic E-state index is 0. The third-order valence-corrected chi connectivity index (χ3v) is 8.96. The van der Waals surface area contributed by atoms with Crippen molar-refractivity contribution >= 4 is 86.4 Å². The molecule has 0 fully saturated rings. The first-order chi connectivity index (χ1) is 24.8. The van der Waals surface area contributed by atoms with Gasteiger partial charge in [0.25, 0.3) is 23.6 Å². The van der Waals surface area contributed by atoms with Crippen LogP contribution in [0.5, 0.6) is 0 Å². The van der Waals surface area contributed by atoms with Crippen LogP contribution in [0.25, 0.3) is 10.9 Å². The van der Waals surface area contributed by atoms with Gasteiger partial charge in [0.1, 0.15) is 28.6 Å². The van der Waals surface area contributed by atoms with Gasteiger partial charge in [0.05, 0.1) is 17.8 Å². The van der Waals surface area contributed by atoms with Gasteiger partial charge in [-0.05, 0) is 48.5 Å². The lowest BCUT2D eigenvalue weighted by Gasteiger charge is -2.22. The molecule has 0 saturated heterocycles. The van der Waals surface area contributed by atoms with E-state index in [1.807, 2.05) is 35.9 Å². The van der Waals surface area contributed by atoms with Crippen molar-refractivity contribution in [1.82, 2.24) is 23.6 Å². The highest BCUT2D eigenvalue weighted by Gasteiger charge is 2.21. The third-order valence-electron chi connectivity index (χ3n) is 8.62. The summed E-state index contributed by atoms with van der Waals surface area (Å²) in [5.74, 6) is -0.0214. The Balaban J connectivity index is 0.00000627. The molecule has 0 spiro atoms. The summed E-state index contributed by atoms with van der Waals surface area (Å²) in [6.45, 7) is 1.58. The summed E-state index contributed by atoms with van der Waals surface area (Å²) < 4.78 is 6.54. The average molecular weight is 787 g/mol. The number of amides is 4. The molecule has 282 valence electrons. The third kappa shape index (κ3) is 9.17. The van der Waals surface area contributed by atoms with Crippen molar-refractivity contribution in [3.05, 3.63) is 83.7 Å². The van der Waals surface area contributed by atoms with E-state index in [4.69, 9.17) is 34.3 Å². The Morgan fingerprint density at radius 3 is 1.85 bits per heavy atom. The number of alkyl halides is 2. The van der Waals surface area contributed by atoms with Gasteiger partial charge in [-0.1, -0.05) is 0 Å². The molecule has 0 saturated carbocycles. The number of benzene rings is 1. The number of carbonyl (C=O) groups excluding carboxylic acids is 4. The maximum Gasteiger partial charge on any atom is 0.273 e. The van der Waals surface area contributed by atoms with Crippen LogP contribution in [-0.4, -0.2) is 79.1 Å². The molecule has 5 aromatic rings. The summed E-state index contributed by atoms with van der Waals surface area (Å²) in [5.41, 5.74) is 9.46. The molecular formula is C35H42Cl3N11O4. The SMILES string of the molecule is Cn1cc(NC(=O)c2cc3cc(N(CCCl)CCCl)ccc3n2C)cc1C(=O)Nc1cc(C(=O)Nc2ccc(C(=O)NCCC(N)=[NH2+])n2C)n(C)c1.[Cl-]. The van der Waals surface area contributed by atoms with E-state index in [-0.39, 0.29) is 48.0 Å². The highest BCUT2D eigenvalue weighted by Crippen LogP contribution is 2.26. The molecule has 1 aromatic carbocycles. The summed E-state index contributed by atoms with van der Waals surface area (Å²) in [5, 5.41) is 17.6. The number of halogens is 3. The van der Waals surface area contributed by atoms with E-state index in [0.717, 1.165) is 16.6 Å². The molecule has 5 rings (SSSR count). The normalized spacial score (nSPS) is 10.8. The van der Waals surface area contributed by atoms with Gasteiger partial charge in [0.2, 0.25) is 5.84 Å². The number of nitrogens with two attached hydrogens (primary N) is 2. The van der Waals surface area contributed by atoms with Crippen molar-refractivity contribution in [2.24, 2.45) is 33.9 Å². The van der Waals surface area contributed by atoms with Crippen LogP contribution in [0.15, 0.2) is 60.9 Å². The quantitative estimate of drug-likeness (QED) is 0.0470. The molecular weight excluding hydrogens is 745 g/mol. The van der Waals surface area contributed by atoms with Crippen LogP contribution in [-0.2, 0) is 28.2 Å². The van der Waals surface area contributed by atoms with E-state index in [2.05, 4.69) is 26.2 Å². The molecule has 4 aromatic heterocycles. The minimum atomic E-state index is -0.446. The van der Waals surface area contributed by atoms with E-state index >= 15 is 0 Å². The molecule has 18 heteroatoms. The molecule has 0 aliphatic carbocycles. The Hall–Kier alpha value is -5.38. The van der Waals surface area contributed by atoms with Crippen LogP contribution in [0.1, 0.15) is 48.4 Å². The fraction of sp³-hybridized carbons (Fsp3) is 0.286. The lowest BCUT2D eigenvalue weighted by atomic mass is 10.2. The predicted octanol–water partition coefficient (Wildman–Crippen LogP) is -0.525. The van der Waals surface area contributed by atoms with Crippen LogP contribution in [0.3, 0.4) is 0 Å². The number of hydrogen-bond acceptors (Lipinski definition) is 5. The zero-order valence-corrected chi connectivity index (χ0v) is 31.9. The Kier molecular flexibility index (Phi) is 13.3. The number of carbonyl (C=O) groups is 4. The first kappa shape index (κ1) is 40.4. The first-order valence-electron chi connectivity index (χ1n) is 16.3. The molecule has 0 atom stereocenters. The van der Waals surface area contributed by atoms with Gasteiger partial charge in [-0.25, -0.2) is 0 Å². The maximum atomic E-state index is 13.4. The summed E-state index contributed by atoms with van der Waals surface area (Å²) in [7, 11) is 6.85. The fourth-order valence-electron chi connectivity index (χ4n) is 5.89. The zero-order valence-electron chi connectivity index (χ0n) is 29.7. The van der Waals surface area contributed by atoms with Gasteiger partial charge < -0.3 is 56.8 Å². The number of fused-ring (bicyclic) bond motifs is 1. The van der Waals surface area contributed by atoms with Crippen LogP contribution in [0.2, 0.25) is 0 Å². The van der Waals surface area contributed by atoms with E-state index in [1.165, 1.54) is 0 Å². The summed E-state index contributed by atoms with van der Waals surface area (Å²) in [6.07, 6.45) is 3.60. The Labute approximate surface area is 322 Å². The summed E-state index contributed by atoms with van der Waals surface area (Å²) in [4.78, 5) is 54.6. The van der Waals surface area contributed by atoms with Gasteiger partial charge in [0, 0.05) is 88.6 Å². The van der Waals surface area contributed by atoms with Gasteiger partial charge in [-0.15, -0.1) is 23.2 Å². The fourth-order valence-corrected chi connectivity index (χ4v) is 6.30. The molecule has 0 bridgehead atoms. The zero-order chi connectivity index (χ0) is 37.7. The molecule has 4 amide bonds. The summed E-state index contributed by atoms with van der Waals surface area (Å²) >= 11 is 12.0. The highest BCUT2D eigenvalue weighted by molar-refractivity contribution is 6.18. The van der Waals surface area contributed by atoms with Crippen LogP contribution in [0, 0.1) is 0 Å².